The van der Waals surface area contributed by atoms with Gasteiger partial charge in [0.2, 0.25) is 0 Å². The lowest BCUT2D eigenvalue weighted by Gasteiger charge is -2.42. The number of halogens is 1. The molecule has 0 spiro atoms. The molecule has 3 aliphatic rings. The van der Waals surface area contributed by atoms with Crippen molar-refractivity contribution in [3.63, 3.8) is 0 Å². The van der Waals surface area contributed by atoms with Gasteiger partial charge < -0.3 is 4.74 Å². The van der Waals surface area contributed by atoms with Gasteiger partial charge in [0.15, 0.2) is 0 Å². The number of piperidine rings is 1. The highest BCUT2D eigenvalue weighted by Gasteiger charge is 2.50. The summed E-state index contributed by atoms with van der Waals surface area (Å²) in [7, 11) is 2.19. The third-order valence-corrected chi connectivity index (χ3v) is 5.85. The molecule has 0 N–H and O–H groups in total. The Labute approximate surface area is 144 Å². The maximum absolute atomic E-state index is 12.8. The molecule has 1 saturated carbocycles. The van der Waals surface area contributed by atoms with Gasteiger partial charge in [0.05, 0.1) is 5.92 Å². The maximum Gasteiger partial charge on any atom is 0.311 e. The Morgan fingerprint density at radius 2 is 1.83 bits per heavy atom. The molecule has 0 amide bonds. The number of carbonyl (C=O) groups is 1. The van der Waals surface area contributed by atoms with Crippen LogP contribution in [0.2, 0.25) is 0 Å². The van der Waals surface area contributed by atoms with Crippen LogP contribution in [-0.2, 0) is 9.53 Å². The molecule has 4 heteroatoms. The quantitative estimate of drug-likeness (QED) is 0.789. The largest absolute Gasteiger partial charge is 0.462 e. The van der Waals surface area contributed by atoms with Gasteiger partial charge in [-0.3, -0.25) is 9.69 Å². The zero-order valence-corrected chi connectivity index (χ0v) is 14.7. The first-order chi connectivity index (χ1) is 10.6. The van der Waals surface area contributed by atoms with Crippen molar-refractivity contribution in [2.24, 2.45) is 5.92 Å². The fraction of sp³-hybridized carbons (Fsp3) is 0.632. The Hall–Kier alpha value is -1.06. The molecule has 2 bridgehead atoms. The van der Waals surface area contributed by atoms with E-state index in [9.17, 15) is 4.79 Å². The number of benzene rings is 1. The summed E-state index contributed by atoms with van der Waals surface area (Å²) >= 11 is 0. The predicted octanol–water partition coefficient (Wildman–Crippen LogP) is 3.69. The number of esters is 1. The second kappa shape index (κ2) is 6.45. The molecule has 23 heavy (non-hydrogen) atoms. The van der Waals surface area contributed by atoms with Gasteiger partial charge in [-0.25, -0.2) is 0 Å². The first-order valence-corrected chi connectivity index (χ1v) is 8.62. The van der Waals surface area contributed by atoms with E-state index in [1.165, 1.54) is 17.5 Å². The normalized spacial score (nSPS) is 33.1. The Morgan fingerprint density at radius 1 is 1.13 bits per heavy atom. The molecule has 2 heterocycles. The summed E-state index contributed by atoms with van der Waals surface area (Å²) in [6.45, 7) is 2.11. The van der Waals surface area contributed by atoms with Crippen molar-refractivity contribution in [2.75, 3.05) is 7.05 Å². The summed E-state index contributed by atoms with van der Waals surface area (Å²) in [4.78, 5) is 15.2. The van der Waals surface area contributed by atoms with Gasteiger partial charge in [0.25, 0.3) is 0 Å². The van der Waals surface area contributed by atoms with Crippen LogP contribution in [0.25, 0.3) is 0 Å². The Morgan fingerprint density at radius 3 is 2.48 bits per heavy atom. The van der Waals surface area contributed by atoms with E-state index in [0.29, 0.717) is 18.0 Å². The predicted molar refractivity (Wildman–Crippen MR) is 93.0 cm³/mol. The number of hydrogen-bond donors (Lipinski definition) is 0. The summed E-state index contributed by atoms with van der Waals surface area (Å²) in [6.07, 6.45) is 5.74. The Bertz CT molecular complexity index is 569. The third-order valence-electron chi connectivity index (χ3n) is 5.85. The van der Waals surface area contributed by atoms with Gasteiger partial charge in [0.1, 0.15) is 6.10 Å². The van der Waals surface area contributed by atoms with Gasteiger partial charge in [-0.15, -0.1) is 12.4 Å². The van der Waals surface area contributed by atoms with Crippen LogP contribution in [0.1, 0.15) is 49.1 Å². The second-order valence-corrected chi connectivity index (χ2v) is 7.38. The van der Waals surface area contributed by atoms with Gasteiger partial charge in [-0.2, -0.15) is 0 Å². The highest BCUT2D eigenvalue weighted by molar-refractivity contribution is 5.85. The molecular weight excluding hydrogens is 310 g/mol. The lowest BCUT2D eigenvalue weighted by molar-refractivity contribution is -0.154. The summed E-state index contributed by atoms with van der Waals surface area (Å²) in [5, 5.41) is 0. The first-order valence-electron chi connectivity index (χ1n) is 8.62. The monoisotopic (exact) mass is 335 g/mol. The Kier molecular flexibility index (Phi) is 4.70. The van der Waals surface area contributed by atoms with E-state index in [1.54, 1.807) is 0 Å². The number of nitrogens with zero attached hydrogens (tertiary/aromatic N) is 1. The molecular formula is C19H26ClNO2. The van der Waals surface area contributed by atoms with Crippen molar-refractivity contribution in [1.29, 1.82) is 0 Å². The third kappa shape index (κ3) is 3.14. The van der Waals surface area contributed by atoms with Crippen molar-refractivity contribution >= 4 is 18.4 Å². The minimum atomic E-state index is 0. The van der Waals surface area contributed by atoms with Crippen molar-refractivity contribution < 1.29 is 9.53 Å². The molecule has 4 rings (SSSR count). The van der Waals surface area contributed by atoms with Crippen LogP contribution >= 0.6 is 12.4 Å². The topological polar surface area (TPSA) is 29.5 Å². The smallest absolute Gasteiger partial charge is 0.311 e. The van der Waals surface area contributed by atoms with E-state index < -0.39 is 0 Å². The van der Waals surface area contributed by atoms with E-state index in [2.05, 4.69) is 43.1 Å². The molecule has 0 radical (unpaired) electrons. The van der Waals surface area contributed by atoms with Crippen LogP contribution < -0.4 is 0 Å². The molecule has 2 saturated heterocycles. The minimum Gasteiger partial charge on any atom is -0.462 e. The number of ether oxygens (including phenoxy) is 1. The van der Waals surface area contributed by atoms with Crippen molar-refractivity contribution in [2.45, 2.75) is 63.1 Å². The zero-order valence-electron chi connectivity index (χ0n) is 13.9. The van der Waals surface area contributed by atoms with E-state index >= 15 is 0 Å². The molecule has 3 nitrogen and oxygen atoms in total. The standard InChI is InChI=1S/C19H25NO2.ClH/c1-12-3-5-13(6-4-12)16-11-14-7-10-17(20(14)2)18(16)19(21)22-15-8-9-15;/h3-6,14-18H,7-11H2,1-2H3;1H/t14-,16-,17?,18?;/m1./s1. The summed E-state index contributed by atoms with van der Waals surface area (Å²) in [5.41, 5.74) is 2.59. The fourth-order valence-electron chi connectivity index (χ4n) is 4.37. The molecule has 1 aromatic carbocycles. The average molecular weight is 336 g/mol. The van der Waals surface area contributed by atoms with E-state index in [0.717, 1.165) is 25.7 Å². The van der Waals surface area contributed by atoms with Crippen molar-refractivity contribution in [1.82, 2.24) is 4.90 Å². The van der Waals surface area contributed by atoms with Crippen LogP contribution in [0.15, 0.2) is 24.3 Å². The zero-order chi connectivity index (χ0) is 15.3. The van der Waals surface area contributed by atoms with Crippen LogP contribution in [0.3, 0.4) is 0 Å². The van der Waals surface area contributed by atoms with Crippen LogP contribution in [0, 0.1) is 12.8 Å². The van der Waals surface area contributed by atoms with Gasteiger partial charge >= 0.3 is 5.97 Å². The SMILES string of the molecule is Cc1ccc([C@H]2C[C@H]3CCC(C2C(=O)OC2CC2)N3C)cc1.Cl. The maximum atomic E-state index is 12.8. The minimum absolute atomic E-state index is 0. The number of carbonyl (C=O) groups excluding carboxylic acids is 1. The van der Waals surface area contributed by atoms with Crippen molar-refractivity contribution in [3.05, 3.63) is 35.4 Å². The Balaban J connectivity index is 0.00000156. The molecule has 2 unspecified atom stereocenters. The molecule has 1 aromatic rings. The molecule has 1 aliphatic carbocycles. The van der Waals surface area contributed by atoms with E-state index in [4.69, 9.17) is 4.74 Å². The van der Waals surface area contributed by atoms with E-state index in [1.807, 2.05) is 0 Å². The molecule has 3 fully saturated rings. The summed E-state index contributed by atoms with van der Waals surface area (Å²) in [6, 6.07) is 9.74. The summed E-state index contributed by atoms with van der Waals surface area (Å²) < 4.78 is 5.71. The van der Waals surface area contributed by atoms with Crippen LogP contribution in [0.5, 0.6) is 0 Å². The molecule has 4 atom stereocenters. The highest BCUT2D eigenvalue weighted by atomic mass is 35.5. The molecule has 126 valence electrons. The molecule has 0 aromatic heterocycles. The van der Waals surface area contributed by atoms with Crippen LogP contribution in [0.4, 0.5) is 0 Å². The lowest BCUT2D eigenvalue weighted by Crippen LogP contribution is -2.49. The van der Waals surface area contributed by atoms with Gasteiger partial charge in [-0.05, 0) is 51.6 Å². The molecule has 2 aliphatic heterocycles. The number of fused-ring (bicyclic) bond motifs is 2. The van der Waals surface area contributed by atoms with Crippen LogP contribution in [-0.4, -0.2) is 36.1 Å². The van der Waals surface area contributed by atoms with E-state index in [-0.39, 0.29) is 30.4 Å². The average Bonchev–Trinajstić information content (AvgIpc) is 3.27. The second-order valence-electron chi connectivity index (χ2n) is 7.38. The number of rotatable bonds is 3. The van der Waals surface area contributed by atoms with Gasteiger partial charge in [-0.1, -0.05) is 29.8 Å². The summed E-state index contributed by atoms with van der Waals surface area (Å²) in [5.74, 6) is 0.373. The lowest BCUT2D eigenvalue weighted by atomic mass is 9.76. The fourth-order valence-corrected chi connectivity index (χ4v) is 4.37. The highest BCUT2D eigenvalue weighted by Crippen LogP contribution is 2.47. The first kappa shape index (κ1) is 16.8. The number of hydrogen-bond acceptors (Lipinski definition) is 3. The van der Waals surface area contributed by atoms with Gasteiger partial charge in [0, 0.05) is 18.0 Å². The number of aryl methyl sites for hydroxylation is 1. The van der Waals surface area contributed by atoms with Crippen molar-refractivity contribution in [3.8, 4) is 0 Å².